The quantitative estimate of drug-likeness (QED) is 0.860. The molecule has 0 spiro atoms. The van der Waals surface area contributed by atoms with Crippen LogP contribution in [0.1, 0.15) is 28.7 Å². The summed E-state index contributed by atoms with van der Waals surface area (Å²) in [6, 6.07) is 10.0. The van der Waals surface area contributed by atoms with E-state index in [0.717, 1.165) is 17.9 Å². The molecule has 0 radical (unpaired) electrons. The molecular formula is C16H20N2OS. The fourth-order valence-electron chi connectivity index (χ4n) is 1.98. The second-order valence-corrected chi connectivity index (χ2v) is 6.23. The first-order chi connectivity index (χ1) is 9.58. The van der Waals surface area contributed by atoms with Crippen molar-refractivity contribution in [2.45, 2.75) is 33.7 Å². The summed E-state index contributed by atoms with van der Waals surface area (Å²) in [6.45, 7) is 6.96. The standard InChI is InChI=1S/C16H20N2OS/c1-4-16(19)18-15-7-5-14(6-8-15)17-10-13-9-11(2)20-12(13)3/h5-9,17H,4,10H2,1-3H3,(H,18,19). The summed E-state index contributed by atoms with van der Waals surface area (Å²) in [5.41, 5.74) is 3.24. The number of carbonyl (C=O) groups is 1. The zero-order chi connectivity index (χ0) is 14.5. The Morgan fingerprint density at radius 2 is 1.80 bits per heavy atom. The van der Waals surface area contributed by atoms with Crippen LogP contribution in [0.5, 0.6) is 0 Å². The number of hydrogen-bond donors (Lipinski definition) is 2. The molecule has 2 aromatic rings. The van der Waals surface area contributed by atoms with Gasteiger partial charge in [-0.3, -0.25) is 4.79 Å². The van der Waals surface area contributed by atoms with E-state index >= 15 is 0 Å². The van der Waals surface area contributed by atoms with E-state index in [1.54, 1.807) is 0 Å². The third kappa shape index (κ3) is 3.84. The van der Waals surface area contributed by atoms with Gasteiger partial charge in [-0.15, -0.1) is 11.3 Å². The van der Waals surface area contributed by atoms with Gasteiger partial charge in [0.25, 0.3) is 0 Å². The zero-order valence-electron chi connectivity index (χ0n) is 12.1. The zero-order valence-corrected chi connectivity index (χ0v) is 12.9. The number of aryl methyl sites for hydroxylation is 2. The second-order valence-electron chi connectivity index (χ2n) is 4.77. The van der Waals surface area contributed by atoms with Crippen molar-refractivity contribution in [1.82, 2.24) is 0 Å². The Morgan fingerprint density at radius 1 is 1.15 bits per heavy atom. The average Bonchev–Trinajstić information content (AvgIpc) is 2.76. The van der Waals surface area contributed by atoms with Gasteiger partial charge in [0, 0.05) is 34.1 Å². The Balaban J connectivity index is 1.94. The molecule has 0 atom stereocenters. The molecule has 20 heavy (non-hydrogen) atoms. The molecule has 1 heterocycles. The first-order valence-corrected chi connectivity index (χ1v) is 7.60. The smallest absolute Gasteiger partial charge is 0.224 e. The average molecular weight is 288 g/mol. The Bertz CT molecular complexity index is 587. The number of anilines is 2. The number of hydrogen-bond acceptors (Lipinski definition) is 3. The van der Waals surface area contributed by atoms with Crippen LogP contribution in [-0.4, -0.2) is 5.91 Å². The van der Waals surface area contributed by atoms with E-state index < -0.39 is 0 Å². The molecule has 0 saturated heterocycles. The lowest BCUT2D eigenvalue weighted by Gasteiger charge is -2.08. The Kier molecular flexibility index (Phi) is 4.79. The van der Waals surface area contributed by atoms with Gasteiger partial charge in [-0.2, -0.15) is 0 Å². The topological polar surface area (TPSA) is 41.1 Å². The van der Waals surface area contributed by atoms with E-state index in [2.05, 4.69) is 30.5 Å². The van der Waals surface area contributed by atoms with Gasteiger partial charge < -0.3 is 10.6 Å². The number of nitrogens with one attached hydrogen (secondary N) is 2. The number of rotatable bonds is 5. The van der Waals surface area contributed by atoms with E-state index in [4.69, 9.17) is 0 Å². The van der Waals surface area contributed by atoms with E-state index in [0.29, 0.717) is 6.42 Å². The highest BCUT2D eigenvalue weighted by Gasteiger charge is 2.03. The maximum absolute atomic E-state index is 11.3. The molecule has 106 valence electrons. The largest absolute Gasteiger partial charge is 0.381 e. The predicted octanol–water partition coefficient (Wildman–Crippen LogP) is 4.33. The third-order valence-electron chi connectivity index (χ3n) is 3.12. The van der Waals surface area contributed by atoms with Crippen molar-refractivity contribution in [3.05, 3.63) is 45.6 Å². The van der Waals surface area contributed by atoms with Crippen molar-refractivity contribution < 1.29 is 4.79 Å². The van der Waals surface area contributed by atoms with Crippen molar-refractivity contribution in [1.29, 1.82) is 0 Å². The highest BCUT2D eigenvalue weighted by atomic mass is 32.1. The molecule has 0 unspecified atom stereocenters. The lowest BCUT2D eigenvalue weighted by molar-refractivity contribution is -0.115. The van der Waals surface area contributed by atoms with Gasteiger partial charge >= 0.3 is 0 Å². The normalized spacial score (nSPS) is 10.3. The van der Waals surface area contributed by atoms with Crippen molar-refractivity contribution in [2.75, 3.05) is 10.6 Å². The molecule has 2 N–H and O–H groups in total. The number of carbonyl (C=O) groups excluding carboxylic acids is 1. The molecule has 2 rings (SSSR count). The Morgan fingerprint density at radius 3 is 2.35 bits per heavy atom. The lowest BCUT2D eigenvalue weighted by atomic mass is 10.2. The van der Waals surface area contributed by atoms with Crippen LogP contribution in [0, 0.1) is 13.8 Å². The molecule has 0 bridgehead atoms. The second kappa shape index (κ2) is 6.57. The molecular weight excluding hydrogens is 268 g/mol. The first kappa shape index (κ1) is 14.6. The van der Waals surface area contributed by atoms with Crippen LogP contribution < -0.4 is 10.6 Å². The van der Waals surface area contributed by atoms with Crippen molar-refractivity contribution in [3.63, 3.8) is 0 Å². The van der Waals surface area contributed by atoms with Crippen molar-refractivity contribution >= 4 is 28.6 Å². The van der Waals surface area contributed by atoms with Crippen LogP contribution in [0.3, 0.4) is 0 Å². The summed E-state index contributed by atoms with van der Waals surface area (Å²) < 4.78 is 0. The molecule has 0 aliphatic carbocycles. The predicted molar refractivity (Wildman–Crippen MR) is 86.5 cm³/mol. The molecule has 0 fully saturated rings. The summed E-state index contributed by atoms with van der Waals surface area (Å²) >= 11 is 1.83. The van der Waals surface area contributed by atoms with E-state index in [1.807, 2.05) is 42.5 Å². The summed E-state index contributed by atoms with van der Waals surface area (Å²) in [6.07, 6.45) is 0.497. The van der Waals surface area contributed by atoms with Gasteiger partial charge in [-0.05, 0) is 49.7 Å². The highest BCUT2D eigenvalue weighted by molar-refractivity contribution is 7.12. The van der Waals surface area contributed by atoms with Crippen LogP contribution >= 0.6 is 11.3 Å². The summed E-state index contributed by atoms with van der Waals surface area (Å²) in [5.74, 6) is 0.0371. The minimum Gasteiger partial charge on any atom is -0.381 e. The Hall–Kier alpha value is -1.81. The third-order valence-corrected chi connectivity index (χ3v) is 4.12. The van der Waals surface area contributed by atoms with Crippen molar-refractivity contribution in [3.8, 4) is 0 Å². The fourth-order valence-corrected chi connectivity index (χ4v) is 2.92. The molecule has 0 saturated carbocycles. The van der Waals surface area contributed by atoms with Gasteiger partial charge in [0.2, 0.25) is 5.91 Å². The summed E-state index contributed by atoms with van der Waals surface area (Å²) in [5, 5.41) is 6.24. The SMILES string of the molecule is CCC(=O)Nc1ccc(NCc2cc(C)sc2C)cc1. The molecule has 4 heteroatoms. The fraction of sp³-hybridized carbons (Fsp3) is 0.312. The number of amides is 1. The monoisotopic (exact) mass is 288 g/mol. The number of benzene rings is 1. The summed E-state index contributed by atoms with van der Waals surface area (Å²) in [7, 11) is 0. The lowest BCUT2D eigenvalue weighted by Crippen LogP contribution is -2.09. The molecule has 0 aliphatic rings. The molecule has 0 aliphatic heterocycles. The van der Waals surface area contributed by atoms with E-state index in [9.17, 15) is 4.79 Å². The van der Waals surface area contributed by atoms with Gasteiger partial charge in [0.1, 0.15) is 0 Å². The van der Waals surface area contributed by atoms with Gasteiger partial charge in [-0.25, -0.2) is 0 Å². The van der Waals surface area contributed by atoms with Crippen LogP contribution in [0.4, 0.5) is 11.4 Å². The van der Waals surface area contributed by atoms with Crippen LogP contribution in [0.2, 0.25) is 0 Å². The maximum atomic E-state index is 11.3. The molecule has 1 aromatic carbocycles. The van der Waals surface area contributed by atoms with Crippen LogP contribution in [0.25, 0.3) is 0 Å². The molecule has 1 aromatic heterocycles. The maximum Gasteiger partial charge on any atom is 0.224 e. The van der Waals surface area contributed by atoms with Crippen LogP contribution in [0.15, 0.2) is 30.3 Å². The minimum absolute atomic E-state index is 0.0371. The number of thiophene rings is 1. The van der Waals surface area contributed by atoms with Gasteiger partial charge in [-0.1, -0.05) is 6.92 Å². The minimum atomic E-state index is 0.0371. The Labute approximate surface area is 124 Å². The van der Waals surface area contributed by atoms with Gasteiger partial charge in [0.15, 0.2) is 0 Å². The van der Waals surface area contributed by atoms with Gasteiger partial charge in [0.05, 0.1) is 0 Å². The molecule has 1 amide bonds. The first-order valence-electron chi connectivity index (χ1n) is 6.78. The summed E-state index contributed by atoms with van der Waals surface area (Å²) in [4.78, 5) is 14.0. The highest BCUT2D eigenvalue weighted by Crippen LogP contribution is 2.22. The molecule has 3 nitrogen and oxygen atoms in total. The van der Waals surface area contributed by atoms with E-state index in [1.165, 1.54) is 15.3 Å². The van der Waals surface area contributed by atoms with Crippen molar-refractivity contribution in [2.24, 2.45) is 0 Å². The van der Waals surface area contributed by atoms with Crippen LogP contribution in [-0.2, 0) is 11.3 Å². The van der Waals surface area contributed by atoms with E-state index in [-0.39, 0.29) is 5.91 Å².